The highest BCUT2D eigenvalue weighted by molar-refractivity contribution is 14.1. The van der Waals surface area contributed by atoms with Crippen molar-refractivity contribution in [2.75, 3.05) is 20.1 Å². The molecule has 1 heterocycles. The summed E-state index contributed by atoms with van der Waals surface area (Å²) >= 11 is 2.19. The van der Waals surface area contributed by atoms with Crippen LogP contribution < -0.4 is 0 Å². The second-order valence-corrected chi connectivity index (χ2v) is 8.37. The maximum absolute atomic E-state index is 15.1. The monoisotopic (exact) mass is 417 g/mol. The number of fused-ring (bicyclic) bond motifs is 1. The summed E-state index contributed by atoms with van der Waals surface area (Å²) in [5.74, 6) is -0.0298. The molecule has 1 aromatic carbocycles. The number of hydrogen-bond acceptors (Lipinski definition) is 2. The van der Waals surface area contributed by atoms with Crippen LogP contribution in [0.2, 0.25) is 0 Å². The molecule has 0 bridgehead atoms. The van der Waals surface area contributed by atoms with E-state index in [-0.39, 0.29) is 17.2 Å². The minimum Gasteiger partial charge on any atom is -0.384 e. The van der Waals surface area contributed by atoms with Crippen LogP contribution in [-0.2, 0) is 16.4 Å². The molecule has 3 rings (SSSR count). The van der Waals surface area contributed by atoms with Crippen LogP contribution in [0, 0.1) is 17.2 Å². The van der Waals surface area contributed by atoms with Crippen molar-refractivity contribution >= 4 is 22.6 Å². The van der Waals surface area contributed by atoms with Crippen LogP contribution in [0.25, 0.3) is 0 Å². The lowest BCUT2D eigenvalue weighted by atomic mass is 9.65. The van der Waals surface area contributed by atoms with Crippen molar-refractivity contribution in [3.05, 3.63) is 34.6 Å². The van der Waals surface area contributed by atoms with Crippen molar-refractivity contribution in [2.24, 2.45) is 11.3 Å². The molecule has 1 saturated heterocycles. The zero-order valence-electron chi connectivity index (χ0n) is 13.6. The number of alkyl halides is 1. The Hall–Kier alpha value is -0.200. The fourth-order valence-electron chi connectivity index (χ4n) is 4.45. The number of rotatable bonds is 2. The van der Waals surface area contributed by atoms with E-state index in [0.717, 1.165) is 37.9 Å². The van der Waals surface area contributed by atoms with Crippen LogP contribution in [0.15, 0.2) is 12.1 Å². The average Bonchev–Trinajstić information content (AvgIpc) is 2.68. The average molecular weight is 417 g/mol. The van der Waals surface area contributed by atoms with Gasteiger partial charge in [0.25, 0.3) is 0 Å². The molecule has 1 N–H and O–H groups in total. The molecule has 4 heteroatoms. The number of piperidine rings is 1. The van der Waals surface area contributed by atoms with Crippen molar-refractivity contribution in [1.82, 2.24) is 4.90 Å². The van der Waals surface area contributed by atoms with Gasteiger partial charge in [0.15, 0.2) is 0 Å². The highest BCUT2D eigenvalue weighted by Crippen LogP contribution is 2.57. The number of benzene rings is 1. The second-order valence-electron chi connectivity index (χ2n) is 7.61. The van der Waals surface area contributed by atoms with Crippen LogP contribution in [0.3, 0.4) is 0 Å². The van der Waals surface area contributed by atoms with Gasteiger partial charge in [-0.1, -0.05) is 48.6 Å². The standard InChI is InChI=1S/C18H25FINO/c1-17(2)10-12-4-5-13(11-20)16(19)15(12)18(17,22)14-6-8-21(3)9-7-14/h4-5,14,22H,6-11H2,1-3H3. The van der Waals surface area contributed by atoms with Gasteiger partial charge in [0.05, 0.1) is 0 Å². The van der Waals surface area contributed by atoms with Gasteiger partial charge < -0.3 is 10.0 Å². The smallest absolute Gasteiger partial charge is 0.133 e. The van der Waals surface area contributed by atoms with E-state index in [1.54, 1.807) is 0 Å². The lowest BCUT2D eigenvalue weighted by Gasteiger charge is -2.46. The molecule has 1 aliphatic heterocycles. The fourth-order valence-corrected chi connectivity index (χ4v) is 5.04. The van der Waals surface area contributed by atoms with E-state index < -0.39 is 5.60 Å². The first-order valence-electron chi connectivity index (χ1n) is 8.09. The molecular weight excluding hydrogens is 392 g/mol. The summed E-state index contributed by atoms with van der Waals surface area (Å²) in [4.78, 5) is 2.29. The van der Waals surface area contributed by atoms with Gasteiger partial charge in [0, 0.05) is 15.4 Å². The third-order valence-electron chi connectivity index (χ3n) is 5.81. The minimum atomic E-state index is -1.05. The lowest BCUT2D eigenvalue weighted by molar-refractivity contribution is -0.123. The Morgan fingerprint density at radius 2 is 1.95 bits per heavy atom. The van der Waals surface area contributed by atoms with Gasteiger partial charge in [-0.15, -0.1) is 0 Å². The largest absolute Gasteiger partial charge is 0.384 e. The number of aliphatic hydroxyl groups is 1. The van der Waals surface area contributed by atoms with Crippen LogP contribution in [-0.4, -0.2) is 30.1 Å². The summed E-state index contributed by atoms with van der Waals surface area (Å²) < 4.78 is 15.7. The van der Waals surface area contributed by atoms with Crippen molar-refractivity contribution < 1.29 is 9.50 Å². The number of likely N-dealkylation sites (tertiary alicyclic amines) is 1. The van der Waals surface area contributed by atoms with Crippen molar-refractivity contribution in [3.63, 3.8) is 0 Å². The molecule has 1 unspecified atom stereocenters. The SMILES string of the molecule is CN1CCC(C2(O)c3c(ccc(CI)c3F)CC2(C)C)CC1. The highest BCUT2D eigenvalue weighted by Gasteiger charge is 2.57. The zero-order chi connectivity index (χ0) is 16.1. The molecule has 1 fully saturated rings. The van der Waals surface area contributed by atoms with E-state index in [1.807, 2.05) is 12.1 Å². The van der Waals surface area contributed by atoms with E-state index >= 15 is 4.39 Å². The Labute approximate surface area is 146 Å². The number of halogens is 2. The van der Waals surface area contributed by atoms with E-state index in [4.69, 9.17) is 0 Å². The maximum atomic E-state index is 15.1. The first-order chi connectivity index (χ1) is 10.3. The molecule has 2 nitrogen and oxygen atoms in total. The summed E-state index contributed by atoms with van der Waals surface area (Å²) in [6.45, 7) is 6.14. The molecule has 0 saturated carbocycles. The van der Waals surface area contributed by atoms with Gasteiger partial charge in [-0.25, -0.2) is 4.39 Å². The molecule has 122 valence electrons. The van der Waals surface area contributed by atoms with Crippen molar-refractivity contribution in [2.45, 2.75) is 43.1 Å². The van der Waals surface area contributed by atoms with Crippen LogP contribution >= 0.6 is 22.6 Å². The molecule has 0 spiro atoms. The Bertz CT molecular complexity index is 581. The molecule has 2 aliphatic rings. The van der Waals surface area contributed by atoms with Crippen LogP contribution in [0.1, 0.15) is 43.4 Å². The molecule has 22 heavy (non-hydrogen) atoms. The summed E-state index contributed by atoms with van der Waals surface area (Å²) in [7, 11) is 2.11. The summed E-state index contributed by atoms with van der Waals surface area (Å²) in [5, 5.41) is 11.7. The molecule has 0 radical (unpaired) electrons. The van der Waals surface area contributed by atoms with Crippen molar-refractivity contribution in [1.29, 1.82) is 0 Å². The van der Waals surface area contributed by atoms with E-state index in [2.05, 4.69) is 48.4 Å². The second kappa shape index (κ2) is 5.71. The Morgan fingerprint density at radius 1 is 1.32 bits per heavy atom. The van der Waals surface area contributed by atoms with E-state index in [1.165, 1.54) is 0 Å². The molecular formula is C18H25FINO. The van der Waals surface area contributed by atoms with Gasteiger partial charge >= 0.3 is 0 Å². The first-order valence-corrected chi connectivity index (χ1v) is 9.61. The Morgan fingerprint density at radius 3 is 2.55 bits per heavy atom. The van der Waals surface area contributed by atoms with Gasteiger partial charge in [0.2, 0.25) is 0 Å². The van der Waals surface area contributed by atoms with E-state index in [9.17, 15) is 5.11 Å². The first kappa shape index (κ1) is 16.7. The quantitative estimate of drug-likeness (QED) is 0.584. The fraction of sp³-hybridized carbons (Fsp3) is 0.667. The molecule has 1 atom stereocenters. The summed E-state index contributed by atoms with van der Waals surface area (Å²) in [6.07, 6.45) is 2.62. The van der Waals surface area contributed by atoms with Gasteiger partial charge in [0.1, 0.15) is 11.4 Å². The van der Waals surface area contributed by atoms with Gasteiger partial charge in [-0.05, 0) is 56.4 Å². The van der Waals surface area contributed by atoms with Gasteiger partial charge in [-0.3, -0.25) is 0 Å². The Kier molecular flexibility index (Phi) is 4.32. The molecule has 0 amide bonds. The molecule has 0 aromatic heterocycles. The highest BCUT2D eigenvalue weighted by atomic mass is 127. The molecule has 1 aliphatic carbocycles. The zero-order valence-corrected chi connectivity index (χ0v) is 15.8. The normalized spacial score (nSPS) is 28.8. The van der Waals surface area contributed by atoms with Crippen LogP contribution in [0.4, 0.5) is 4.39 Å². The van der Waals surface area contributed by atoms with Crippen LogP contribution in [0.5, 0.6) is 0 Å². The summed E-state index contributed by atoms with van der Waals surface area (Å²) in [5.41, 5.74) is 0.943. The predicted molar refractivity (Wildman–Crippen MR) is 95.7 cm³/mol. The maximum Gasteiger partial charge on any atom is 0.133 e. The van der Waals surface area contributed by atoms with E-state index in [0.29, 0.717) is 15.6 Å². The number of hydrogen-bond donors (Lipinski definition) is 1. The topological polar surface area (TPSA) is 23.5 Å². The minimum absolute atomic E-state index is 0.138. The Balaban J connectivity index is 2.11. The number of nitrogens with zero attached hydrogens (tertiary/aromatic N) is 1. The predicted octanol–water partition coefficient (Wildman–Crippen LogP) is 3.87. The van der Waals surface area contributed by atoms with Crippen molar-refractivity contribution in [3.8, 4) is 0 Å². The summed E-state index contributed by atoms with van der Waals surface area (Å²) in [6, 6.07) is 3.91. The lowest BCUT2D eigenvalue weighted by Crippen LogP contribution is -2.49. The third-order valence-corrected chi connectivity index (χ3v) is 6.63. The third kappa shape index (κ3) is 2.33. The molecule has 1 aromatic rings. The van der Waals surface area contributed by atoms with Gasteiger partial charge in [-0.2, -0.15) is 0 Å².